The zero-order valence-electron chi connectivity index (χ0n) is 18.7. The molecule has 1 amide bonds. The van der Waals surface area contributed by atoms with Crippen LogP contribution in [0.4, 0.5) is 10.1 Å². The summed E-state index contributed by atoms with van der Waals surface area (Å²) >= 11 is 1.26. The Morgan fingerprint density at radius 3 is 2.61 bits per heavy atom. The average molecular weight is 472 g/mol. The molecule has 1 aliphatic rings. The lowest BCUT2D eigenvalue weighted by molar-refractivity contribution is -0.113. The maximum atomic E-state index is 13.5. The second-order valence-corrected chi connectivity index (χ2v) is 8.78. The number of fused-ring (bicyclic) bond motifs is 1. The number of ether oxygens (including phenoxy) is 2. The second kappa shape index (κ2) is 10.2. The van der Waals surface area contributed by atoms with Crippen LogP contribution in [0.25, 0.3) is 5.69 Å². The zero-order valence-corrected chi connectivity index (χ0v) is 19.6. The van der Waals surface area contributed by atoms with E-state index in [-0.39, 0.29) is 23.5 Å². The van der Waals surface area contributed by atoms with Gasteiger partial charge in [-0.05, 0) is 57.4 Å². The molecule has 1 N–H and O–H groups in total. The summed E-state index contributed by atoms with van der Waals surface area (Å²) in [5.74, 6) is 1.62. The van der Waals surface area contributed by atoms with Gasteiger partial charge in [0.15, 0.2) is 22.5 Å². The summed E-state index contributed by atoms with van der Waals surface area (Å²) in [6.45, 7) is 3.20. The molecule has 174 valence electrons. The van der Waals surface area contributed by atoms with E-state index in [0.29, 0.717) is 41.4 Å². The fourth-order valence-electron chi connectivity index (χ4n) is 3.28. The molecule has 33 heavy (non-hydrogen) atoms. The highest BCUT2D eigenvalue weighted by Gasteiger charge is 2.22. The Morgan fingerprint density at radius 2 is 1.88 bits per heavy atom. The first-order valence-electron chi connectivity index (χ1n) is 10.6. The number of rotatable bonds is 7. The fraction of sp³-hybridized carbons (Fsp3) is 0.348. The van der Waals surface area contributed by atoms with Gasteiger partial charge in [0.2, 0.25) is 5.91 Å². The van der Waals surface area contributed by atoms with Crippen LogP contribution in [-0.2, 0) is 4.79 Å². The third-order valence-corrected chi connectivity index (χ3v) is 6.18. The predicted molar refractivity (Wildman–Crippen MR) is 125 cm³/mol. The Bertz CT molecular complexity index is 1120. The van der Waals surface area contributed by atoms with Crippen molar-refractivity contribution in [2.75, 3.05) is 38.4 Å². The molecule has 0 fully saturated rings. The van der Waals surface area contributed by atoms with Crippen LogP contribution in [0.3, 0.4) is 0 Å². The normalized spacial score (nSPS) is 14.1. The molecular weight excluding hydrogens is 445 g/mol. The highest BCUT2D eigenvalue weighted by molar-refractivity contribution is 7.99. The minimum Gasteiger partial charge on any atom is -0.490 e. The Kier molecular flexibility index (Phi) is 7.14. The zero-order chi connectivity index (χ0) is 23.4. The molecule has 4 rings (SSSR count). The van der Waals surface area contributed by atoms with Gasteiger partial charge in [0.1, 0.15) is 5.82 Å². The summed E-state index contributed by atoms with van der Waals surface area (Å²) in [4.78, 5) is 14.7. The van der Waals surface area contributed by atoms with Crippen molar-refractivity contribution in [2.45, 2.75) is 24.5 Å². The predicted octanol–water partition coefficient (Wildman–Crippen LogP) is 3.92. The van der Waals surface area contributed by atoms with Crippen LogP contribution in [0, 0.1) is 5.82 Å². The molecule has 1 aliphatic heterocycles. The molecular formula is C23H26FN5O3S. The van der Waals surface area contributed by atoms with E-state index < -0.39 is 0 Å². The van der Waals surface area contributed by atoms with Crippen molar-refractivity contribution < 1.29 is 18.7 Å². The third-order valence-electron chi connectivity index (χ3n) is 5.26. The smallest absolute Gasteiger partial charge is 0.234 e. The Hall–Kier alpha value is -3.11. The number of thioether (sulfide) groups is 1. The van der Waals surface area contributed by atoms with Crippen molar-refractivity contribution in [2.24, 2.45) is 0 Å². The summed E-state index contributed by atoms with van der Waals surface area (Å²) in [6, 6.07) is 11.4. The van der Waals surface area contributed by atoms with Crippen LogP contribution in [0.2, 0.25) is 0 Å². The molecule has 0 saturated carbocycles. The molecule has 0 radical (unpaired) electrons. The van der Waals surface area contributed by atoms with E-state index >= 15 is 0 Å². The number of nitrogens with zero attached hydrogens (tertiary/aromatic N) is 4. The first kappa shape index (κ1) is 23.1. The van der Waals surface area contributed by atoms with Gasteiger partial charge >= 0.3 is 0 Å². The molecule has 0 unspecified atom stereocenters. The number of benzene rings is 2. The van der Waals surface area contributed by atoms with Gasteiger partial charge in [0, 0.05) is 23.9 Å². The number of nitrogens with one attached hydrogen (secondary N) is 1. The van der Waals surface area contributed by atoms with E-state index in [1.54, 1.807) is 30.3 Å². The molecule has 1 atom stereocenters. The molecule has 0 saturated heterocycles. The number of halogens is 1. The Balaban J connectivity index is 1.49. The van der Waals surface area contributed by atoms with Gasteiger partial charge in [-0.15, -0.1) is 10.2 Å². The van der Waals surface area contributed by atoms with Crippen LogP contribution in [0.1, 0.15) is 25.2 Å². The molecule has 0 bridgehead atoms. The van der Waals surface area contributed by atoms with Gasteiger partial charge in [-0.25, -0.2) is 4.39 Å². The van der Waals surface area contributed by atoms with E-state index in [2.05, 4.69) is 15.5 Å². The molecule has 3 aromatic rings. The lowest BCUT2D eigenvalue weighted by Gasteiger charge is -2.20. The van der Waals surface area contributed by atoms with Gasteiger partial charge in [-0.1, -0.05) is 11.8 Å². The van der Waals surface area contributed by atoms with Gasteiger partial charge < -0.3 is 14.8 Å². The lowest BCUT2D eigenvalue weighted by atomic mass is 10.2. The van der Waals surface area contributed by atoms with Crippen LogP contribution in [-0.4, -0.2) is 58.6 Å². The Labute approximate surface area is 196 Å². The molecule has 8 nitrogen and oxygen atoms in total. The van der Waals surface area contributed by atoms with Crippen molar-refractivity contribution in [3.8, 4) is 17.2 Å². The molecule has 2 heterocycles. The first-order chi connectivity index (χ1) is 15.9. The largest absolute Gasteiger partial charge is 0.490 e. The van der Waals surface area contributed by atoms with Gasteiger partial charge in [0.05, 0.1) is 25.0 Å². The summed E-state index contributed by atoms with van der Waals surface area (Å²) < 4.78 is 26.6. The first-order valence-corrected chi connectivity index (χ1v) is 11.6. The Morgan fingerprint density at radius 1 is 1.15 bits per heavy atom. The SMILES string of the molecule is C[C@@H](c1nnc(SCC(=O)Nc2ccc3c(c2)OCCCO3)n1-c1ccc(F)cc1)N(C)C. The minimum atomic E-state index is -0.322. The van der Waals surface area contributed by atoms with E-state index in [9.17, 15) is 9.18 Å². The number of aromatic nitrogens is 3. The minimum absolute atomic E-state index is 0.0347. The highest BCUT2D eigenvalue weighted by atomic mass is 32.2. The van der Waals surface area contributed by atoms with E-state index in [1.807, 2.05) is 30.5 Å². The summed E-state index contributed by atoms with van der Waals surface area (Å²) in [5.41, 5.74) is 1.36. The topological polar surface area (TPSA) is 81.5 Å². The van der Waals surface area contributed by atoms with Crippen LogP contribution in [0.15, 0.2) is 47.6 Å². The van der Waals surface area contributed by atoms with Crippen LogP contribution in [0.5, 0.6) is 11.5 Å². The monoisotopic (exact) mass is 471 g/mol. The maximum absolute atomic E-state index is 13.5. The van der Waals surface area contributed by atoms with Gasteiger partial charge in [-0.3, -0.25) is 14.3 Å². The average Bonchev–Trinajstić information content (AvgIpc) is 3.08. The third kappa shape index (κ3) is 5.45. The van der Waals surface area contributed by atoms with Gasteiger partial charge in [-0.2, -0.15) is 0 Å². The quantitative estimate of drug-likeness (QED) is 0.523. The number of carbonyl (C=O) groups is 1. The number of anilines is 1. The van der Waals surface area contributed by atoms with E-state index in [0.717, 1.165) is 12.1 Å². The van der Waals surface area contributed by atoms with E-state index in [4.69, 9.17) is 9.47 Å². The number of hydrogen-bond donors (Lipinski definition) is 1. The molecule has 10 heteroatoms. The summed E-state index contributed by atoms with van der Waals surface area (Å²) in [5, 5.41) is 12.1. The highest BCUT2D eigenvalue weighted by Crippen LogP contribution is 2.32. The number of carbonyl (C=O) groups excluding carboxylic acids is 1. The van der Waals surface area contributed by atoms with Gasteiger partial charge in [0.25, 0.3) is 0 Å². The lowest BCUT2D eigenvalue weighted by Crippen LogP contribution is -2.21. The van der Waals surface area contributed by atoms with E-state index in [1.165, 1.54) is 23.9 Å². The summed E-state index contributed by atoms with van der Waals surface area (Å²) in [6.07, 6.45) is 0.816. The van der Waals surface area contributed by atoms with Crippen molar-refractivity contribution in [3.63, 3.8) is 0 Å². The second-order valence-electron chi connectivity index (χ2n) is 7.84. The van der Waals surface area contributed by atoms with Crippen LogP contribution < -0.4 is 14.8 Å². The molecule has 0 aliphatic carbocycles. The van der Waals surface area contributed by atoms with Crippen molar-refractivity contribution in [3.05, 3.63) is 54.1 Å². The summed E-state index contributed by atoms with van der Waals surface area (Å²) in [7, 11) is 3.90. The van der Waals surface area contributed by atoms with Crippen LogP contribution >= 0.6 is 11.8 Å². The van der Waals surface area contributed by atoms with Crippen molar-refractivity contribution >= 4 is 23.4 Å². The van der Waals surface area contributed by atoms with Crippen molar-refractivity contribution in [1.29, 1.82) is 0 Å². The molecule has 0 spiro atoms. The maximum Gasteiger partial charge on any atom is 0.234 e. The molecule has 2 aromatic carbocycles. The van der Waals surface area contributed by atoms with Crippen molar-refractivity contribution in [1.82, 2.24) is 19.7 Å². The fourth-order valence-corrected chi connectivity index (χ4v) is 4.04. The molecule has 1 aromatic heterocycles. The standard InChI is InChI=1S/C23H26FN5O3S/c1-15(28(2)3)22-26-27-23(29(22)18-8-5-16(24)6-9-18)33-14-21(30)25-17-7-10-19-20(13-17)32-12-4-11-31-19/h5-10,13,15H,4,11-12,14H2,1-3H3,(H,25,30)/t15-/m0/s1. The number of hydrogen-bond acceptors (Lipinski definition) is 7. The number of amides is 1.